The van der Waals surface area contributed by atoms with E-state index in [0.29, 0.717) is 5.56 Å². The van der Waals surface area contributed by atoms with Crippen LogP contribution in [0.15, 0.2) is 30.5 Å². The molecule has 2 N–H and O–H groups in total. The zero-order chi connectivity index (χ0) is 17.0. The molecule has 1 heterocycles. The first kappa shape index (κ1) is 16.8. The largest absolute Gasteiger partial charge is 0.479 e. The lowest BCUT2D eigenvalue weighted by Crippen LogP contribution is -2.28. The van der Waals surface area contributed by atoms with Crippen LogP contribution in [0, 0.1) is 0 Å². The Morgan fingerprint density at radius 1 is 1.39 bits per heavy atom. The number of nitrogens with zero attached hydrogens (tertiary/aromatic N) is 3. The molecule has 1 atom stereocenters. The molecular formula is C16H22N4O3. The van der Waals surface area contributed by atoms with E-state index >= 15 is 0 Å². The molecule has 124 valence electrons. The maximum Gasteiger partial charge on any atom is 0.258 e. The van der Waals surface area contributed by atoms with Gasteiger partial charge >= 0.3 is 0 Å². The van der Waals surface area contributed by atoms with E-state index in [-0.39, 0.29) is 18.3 Å². The molecule has 0 aliphatic rings. The number of carbonyl (C=O) groups is 1. The molecule has 0 spiro atoms. The average Bonchev–Trinajstić information content (AvgIpc) is 2.93. The van der Waals surface area contributed by atoms with E-state index in [0.717, 1.165) is 11.3 Å². The second kappa shape index (κ2) is 7.15. The quantitative estimate of drug-likeness (QED) is 0.829. The summed E-state index contributed by atoms with van der Waals surface area (Å²) >= 11 is 0. The summed E-state index contributed by atoms with van der Waals surface area (Å²) in [6.07, 6.45) is 0.796. The van der Waals surface area contributed by atoms with Crippen LogP contribution < -0.4 is 15.0 Å². The number of aryl methyl sites for hydroxylation is 1. The highest BCUT2D eigenvalue weighted by Gasteiger charge is 2.17. The fourth-order valence-electron chi connectivity index (χ4n) is 2.17. The second-order valence-corrected chi connectivity index (χ2v) is 5.44. The predicted molar refractivity (Wildman–Crippen MR) is 87.8 cm³/mol. The second-order valence-electron chi connectivity index (χ2n) is 5.44. The number of rotatable bonds is 6. The van der Waals surface area contributed by atoms with Crippen LogP contribution in [0.1, 0.15) is 22.0 Å². The van der Waals surface area contributed by atoms with Crippen molar-refractivity contribution in [2.45, 2.75) is 6.10 Å². The summed E-state index contributed by atoms with van der Waals surface area (Å²) in [6.45, 7) is 0.109. The lowest BCUT2D eigenvalue weighted by Gasteiger charge is -2.15. The van der Waals surface area contributed by atoms with E-state index in [1.807, 2.05) is 43.3 Å². The van der Waals surface area contributed by atoms with Gasteiger partial charge in [0.2, 0.25) is 5.88 Å². The van der Waals surface area contributed by atoms with Crippen LogP contribution in [0.25, 0.3) is 0 Å². The minimum absolute atomic E-state index is 0.109. The molecule has 23 heavy (non-hydrogen) atoms. The van der Waals surface area contributed by atoms with Gasteiger partial charge in [-0.25, -0.2) is 0 Å². The van der Waals surface area contributed by atoms with Crippen molar-refractivity contribution in [1.29, 1.82) is 0 Å². The van der Waals surface area contributed by atoms with E-state index in [9.17, 15) is 9.90 Å². The number of aromatic nitrogens is 2. The molecule has 1 unspecified atom stereocenters. The third-order valence-corrected chi connectivity index (χ3v) is 3.48. The van der Waals surface area contributed by atoms with Gasteiger partial charge in [-0.1, -0.05) is 12.1 Å². The van der Waals surface area contributed by atoms with Crippen molar-refractivity contribution in [3.05, 3.63) is 41.6 Å². The van der Waals surface area contributed by atoms with Gasteiger partial charge in [0.1, 0.15) is 5.56 Å². The number of anilines is 1. The fraction of sp³-hybridized carbons (Fsp3) is 0.375. The topological polar surface area (TPSA) is 79.6 Å². The van der Waals surface area contributed by atoms with Gasteiger partial charge in [-0.05, 0) is 17.7 Å². The van der Waals surface area contributed by atoms with Gasteiger partial charge in [-0.3, -0.25) is 9.48 Å². The summed E-state index contributed by atoms with van der Waals surface area (Å²) in [5.74, 6) is -0.0752. The average molecular weight is 318 g/mol. The molecule has 0 aliphatic heterocycles. The SMILES string of the molecule is COc1nn(C)cc1C(=O)NCC(O)c1ccc(N(C)C)cc1. The summed E-state index contributed by atoms with van der Waals surface area (Å²) in [7, 11) is 7.07. The van der Waals surface area contributed by atoms with Gasteiger partial charge in [-0.2, -0.15) is 0 Å². The number of carbonyl (C=O) groups excluding carboxylic acids is 1. The molecule has 7 heteroatoms. The van der Waals surface area contributed by atoms with Crippen molar-refractivity contribution in [2.75, 3.05) is 32.6 Å². The first-order chi connectivity index (χ1) is 10.9. The smallest absolute Gasteiger partial charge is 0.258 e. The van der Waals surface area contributed by atoms with Gasteiger partial charge in [-0.15, -0.1) is 5.10 Å². The minimum atomic E-state index is -0.780. The molecule has 7 nitrogen and oxygen atoms in total. The van der Waals surface area contributed by atoms with Gasteiger partial charge < -0.3 is 20.1 Å². The number of ether oxygens (including phenoxy) is 1. The molecule has 1 aromatic carbocycles. The van der Waals surface area contributed by atoms with Crippen LogP contribution in [0.3, 0.4) is 0 Å². The number of aliphatic hydroxyl groups is 1. The lowest BCUT2D eigenvalue weighted by molar-refractivity contribution is 0.0913. The van der Waals surface area contributed by atoms with Crippen molar-refractivity contribution >= 4 is 11.6 Å². The molecule has 2 aromatic rings. The Bertz CT molecular complexity index is 664. The summed E-state index contributed by atoms with van der Waals surface area (Å²) < 4.78 is 6.56. The highest BCUT2D eigenvalue weighted by atomic mass is 16.5. The van der Waals surface area contributed by atoms with Gasteiger partial charge in [0, 0.05) is 39.6 Å². The third kappa shape index (κ3) is 4.01. The molecule has 0 aliphatic carbocycles. The number of hydrogen-bond acceptors (Lipinski definition) is 5. The van der Waals surface area contributed by atoms with Crippen molar-refractivity contribution in [3.63, 3.8) is 0 Å². The van der Waals surface area contributed by atoms with Gasteiger partial charge in [0.15, 0.2) is 0 Å². The van der Waals surface area contributed by atoms with Crippen LogP contribution in [0.4, 0.5) is 5.69 Å². The maximum absolute atomic E-state index is 12.2. The van der Waals surface area contributed by atoms with E-state index in [2.05, 4.69) is 10.4 Å². The van der Waals surface area contributed by atoms with Crippen molar-refractivity contribution in [1.82, 2.24) is 15.1 Å². The van der Waals surface area contributed by atoms with Crippen molar-refractivity contribution < 1.29 is 14.6 Å². The molecule has 0 saturated carbocycles. The number of amides is 1. The Hall–Kier alpha value is -2.54. The lowest BCUT2D eigenvalue weighted by atomic mass is 10.1. The maximum atomic E-state index is 12.2. The molecule has 0 fully saturated rings. The summed E-state index contributed by atoms with van der Waals surface area (Å²) in [5, 5.41) is 16.9. The van der Waals surface area contributed by atoms with Crippen LogP contribution in [0.2, 0.25) is 0 Å². The van der Waals surface area contributed by atoms with Crippen LogP contribution in [-0.4, -0.2) is 48.5 Å². The summed E-state index contributed by atoms with van der Waals surface area (Å²) in [6, 6.07) is 7.53. The Morgan fingerprint density at radius 2 is 2.04 bits per heavy atom. The van der Waals surface area contributed by atoms with Gasteiger partial charge in [0.25, 0.3) is 5.91 Å². The predicted octanol–water partition coefficient (Wildman–Crippen LogP) is 0.958. The first-order valence-electron chi connectivity index (χ1n) is 7.23. The molecule has 1 aromatic heterocycles. The van der Waals surface area contributed by atoms with E-state index in [1.54, 1.807) is 13.2 Å². The number of benzene rings is 1. The van der Waals surface area contributed by atoms with Crippen molar-refractivity contribution in [2.24, 2.45) is 7.05 Å². The number of nitrogens with one attached hydrogen (secondary N) is 1. The molecule has 0 saturated heterocycles. The Morgan fingerprint density at radius 3 is 2.61 bits per heavy atom. The van der Waals surface area contributed by atoms with E-state index < -0.39 is 6.10 Å². The van der Waals surface area contributed by atoms with Crippen molar-refractivity contribution in [3.8, 4) is 5.88 Å². The molecule has 2 rings (SSSR count). The van der Waals surface area contributed by atoms with Crippen LogP contribution >= 0.6 is 0 Å². The highest BCUT2D eigenvalue weighted by Crippen LogP contribution is 2.18. The minimum Gasteiger partial charge on any atom is -0.479 e. The normalized spacial score (nSPS) is 11.9. The summed E-state index contributed by atoms with van der Waals surface area (Å²) in [5.41, 5.74) is 2.13. The third-order valence-electron chi connectivity index (χ3n) is 3.48. The molecule has 1 amide bonds. The van der Waals surface area contributed by atoms with E-state index in [4.69, 9.17) is 4.74 Å². The van der Waals surface area contributed by atoms with E-state index in [1.165, 1.54) is 11.8 Å². The van der Waals surface area contributed by atoms with Crippen LogP contribution in [-0.2, 0) is 7.05 Å². The number of methoxy groups -OCH3 is 1. The fourth-order valence-corrected chi connectivity index (χ4v) is 2.17. The zero-order valence-electron chi connectivity index (χ0n) is 13.8. The molecular weight excluding hydrogens is 296 g/mol. The molecule has 0 bridgehead atoms. The summed E-state index contributed by atoms with van der Waals surface area (Å²) in [4.78, 5) is 14.1. The highest BCUT2D eigenvalue weighted by molar-refractivity contribution is 5.96. The Balaban J connectivity index is 1.98. The number of aliphatic hydroxyl groups excluding tert-OH is 1. The number of hydrogen-bond donors (Lipinski definition) is 2. The standard InChI is InChI=1S/C16H22N4O3/c1-19(2)12-7-5-11(6-8-12)14(21)9-17-15(22)13-10-20(3)18-16(13)23-4/h5-8,10,14,21H,9H2,1-4H3,(H,17,22). The first-order valence-corrected chi connectivity index (χ1v) is 7.23. The molecule has 0 radical (unpaired) electrons. The van der Waals surface area contributed by atoms with Crippen LogP contribution in [0.5, 0.6) is 5.88 Å². The Labute approximate surface area is 135 Å². The van der Waals surface area contributed by atoms with Gasteiger partial charge in [0.05, 0.1) is 13.2 Å². The monoisotopic (exact) mass is 318 g/mol. The Kier molecular flexibility index (Phi) is 5.23. The zero-order valence-corrected chi connectivity index (χ0v) is 13.8.